The molecule has 3 heteroatoms. The second-order valence-corrected chi connectivity index (χ2v) is 7.62. The molecule has 96 valence electrons. The molecular formula is C16H12Br2S. The Morgan fingerprint density at radius 3 is 2.63 bits per heavy atom. The summed E-state index contributed by atoms with van der Waals surface area (Å²) in [4.78, 5) is 1.76. The van der Waals surface area contributed by atoms with E-state index in [1.807, 2.05) is 11.3 Å². The monoisotopic (exact) mass is 394 g/mol. The number of hydrogen-bond acceptors (Lipinski definition) is 1. The lowest BCUT2D eigenvalue weighted by atomic mass is 10.1. The number of fused-ring (bicyclic) bond motifs is 1. The predicted octanol–water partition coefficient (Wildman–Crippen LogP) is 6.34. The molecule has 2 aromatic carbocycles. The largest absolute Gasteiger partial charge is 0.139 e. The fourth-order valence-corrected chi connectivity index (χ4v) is 4.40. The fourth-order valence-electron chi connectivity index (χ4n) is 2.13. The normalized spacial score (nSPS) is 12.7. The van der Waals surface area contributed by atoms with Gasteiger partial charge in [0, 0.05) is 14.0 Å². The van der Waals surface area contributed by atoms with Gasteiger partial charge in [-0.1, -0.05) is 62.2 Å². The van der Waals surface area contributed by atoms with Crippen molar-refractivity contribution >= 4 is 53.3 Å². The van der Waals surface area contributed by atoms with Gasteiger partial charge in [-0.05, 0) is 41.6 Å². The van der Waals surface area contributed by atoms with Crippen molar-refractivity contribution in [2.24, 2.45) is 0 Å². The zero-order chi connectivity index (χ0) is 13.2. The van der Waals surface area contributed by atoms with Crippen molar-refractivity contribution in [2.75, 3.05) is 0 Å². The summed E-state index contributed by atoms with van der Waals surface area (Å²) in [7, 11) is 0. The van der Waals surface area contributed by atoms with Crippen molar-refractivity contribution in [1.29, 1.82) is 0 Å². The van der Waals surface area contributed by atoms with E-state index in [0.717, 1.165) is 10.9 Å². The van der Waals surface area contributed by atoms with Crippen molar-refractivity contribution in [3.8, 4) is 0 Å². The van der Waals surface area contributed by atoms with Crippen LogP contribution >= 0.6 is 43.2 Å². The van der Waals surface area contributed by atoms with E-state index in [0.29, 0.717) is 4.83 Å². The summed E-state index contributed by atoms with van der Waals surface area (Å²) >= 11 is 9.21. The highest BCUT2D eigenvalue weighted by Gasteiger charge is 2.12. The van der Waals surface area contributed by atoms with Crippen LogP contribution in [0.2, 0.25) is 0 Å². The third-order valence-electron chi connectivity index (χ3n) is 3.06. The second kappa shape index (κ2) is 5.78. The maximum Gasteiger partial charge on any atom is 0.0529 e. The van der Waals surface area contributed by atoms with Gasteiger partial charge in [0.25, 0.3) is 0 Å². The van der Waals surface area contributed by atoms with Gasteiger partial charge in [-0.25, -0.2) is 0 Å². The van der Waals surface area contributed by atoms with Gasteiger partial charge in [0.05, 0.1) is 4.83 Å². The molecule has 0 spiro atoms. The van der Waals surface area contributed by atoms with Gasteiger partial charge in [-0.3, -0.25) is 0 Å². The first kappa shape index (κ1) is 13.3. The van der Waals surface area contributed by atoms with Crippen LogP contribution in [0, 0.1) is 0 Å². The summed E-state index contributed by atoms with van der Waals surface area (Å²) in [6, 6.07) is 19.3. The number of thiophene rings is 1. The van der Waals surface area contributed by atoms with E-state index in [9.17, 15) is 0 Å². The average Bonchev–Trinajstić information content (AvgIpc) is 2.82. The Kier molecular flexibility index (Phi) is 4.06. The van der Waals surface area contributed by atoms with Gasteiger partial charge < -0.3 is 0 Å². The molecule has 3 aromatic rings. The van der Waals surface area contributed by atoms with E-state index in [4.69, 9.17) is 0 Å². The van der Waals surface area contributed by atoms with E-state index in [-0.39, 0.29) is 0 Å². The van der Waals surface area contributed by atoms with Crippen LogP contribution in [0.3, 0.4) is 0 Å². The molecule has 0 bridgehead atoms. The Hall–Kier alpha value is -0.640. The minimum Gasteiger partial charge on any atom is -0.139 e. The predicted molar refractivity (Wildman–Crippen MR) is 91.3 cm³/mol. The first-order valence-electron chi connectivity index (χ1n) is 6.09. The molecule has 0 N–H and O–H groups in total. The minimum atomic E-state index is 0.374. The molecule has 1 aromatic heterocycles. The molecule has 0 amide bonds. The van der Waals surface area contributed by atoms with Crippen molar-refractivity contribution in [3.05, 3.63) is 69.5 Å². The Balaban J connectivity index is 1.85. The van der Waals surface area contributed by atoms with E-state index >= 15 is 0 Å². The first-order valence-corrected chi connectivity index (χ1v) is 8.62. The maximum absolute atomic E-state index is 3.82. The lowest BCUT2D eigenvalue weighted by Gasteiger charge is -2.07. The van der Waals surface area contributed by atoms with Crippen molar-refractivity contribution in [1.82, 2.24) is 0 Å². The average molecular weight is 396 g/mol. The Morgan fingerprint density at radius 2 is 1.84 bits per heavy atom. The first-order chi connectivity index (χ1) is 9.22. The molecule has 1 unspecified atom stereocenters. The van der Waals surface area contributed by atoms with Crippen LogP contribution < -0.4 is 0 Å². The summed E-state index contributed by atoms with van der Waals surface area (Å²) < 4.78 is 2.50. The molecule has 1 heterocycles. The number of benzene rings is 2. The highest BCUT2D eigenvalue weighted by molar-refractivity contribution is 9.10. The van der Waals surface area contributed by atoms with Gasteiger partial charge in [-0.2, -0.15) is 0 Å². The van der Waals surface area contributed by atoms with Crippen LogP contribution in [0.4, 0.5) is 0 Å². The van der Waals surface area contributed by atoms with Gasteiger partial charge >= 0.3 is 0 Å². The van der Waals surface area contributed by atoms with Gasteiger partial charge in [-0.15, -0.1) is 11.3 Å². The molecule has 0 radical (unpaired) electrons. The minimum absolute atomic E-state index is 0.374. The van der Waals surface area contributed by atoms with Gasteiger partial charge in [0.1, 0.15) is 0 Å². The molecule has 0 aliphatic rings. The number of alkyl halides is 1. The quantitative estimate of drug-likeness (QED) is 0.453. The van der Waals surface area contributed by atoms with Crippen LogP contribution in [-0.2, 0) is 6.42 Å². The summed E-state index contributed by atoms with van der Waals surface area (Å²) in [6.45, 7) is 0. The standard InChI is InChI=1S/C16H12Br2S/c17-13-6-3-4-11(8-13)9-14(18)16-10-12-5-1-2-7-15(12)19-16/h1-8,10,14H,9H2. The van der Waals surface area contributed by atoms with E-state index in [1.54, 1.807) is 0 Å². The molecular weight excluding hydrogens is 384 g/mol. The lowest BCUT2D eigenvalue weighted by molar-refractivity contribution is 0.969. The molecule has 3 rings (SSSR count). The van der Waals surface area contributed by atoms with Crippen LogP contribution in [0.25, 0.3) is 10.1 Å². The lowest BCUT2D eigenvalue weighted by Crippen LogP contribution is -1.92. The molecule has 0 saturated carbocycles. The number of hydrogen-bond donors (Lipinski definition) is 0. The third-order valence-corrected chi connectivity index (χ3v) is 5.90. The van der Waals surface area contributed by atoms with Crippen molar-refractivity contribution in [2.45, 2.75) is 11.2 Å². The van der Waals surface area contributed by atoms with E-state index < -0.39 is 0 Å². The zero-order valence-corrected chi connectivity index (χ0v) is 14.1. The van der Waals surface area contributed by atoms with Gasteiger partial charge in [0.2, 0.25) is 0 Å². The van der Waals surface area contributed by atoms with E-state index in [2.05, 4.69) is 86.5 Å². The molecule has 0 aliphatic carbocycles. The molecule has 0 fully saturated rings. The number of halogens is 2. The Morgan fingerprint density at radius 1 is 1.00 bits per heavy atom. The van der Waals surface area contributed by atoms with Crippen LogP contribution in [0.1, 0.15) is 15.3 Å². The fraction of sp³-hybridized carbons (Fsp3) is 0.125. The molecule has 0 saturated heterocycles. The topological polar surface area (TPSA) is 0 Å². The molecule has 0 aliphatic heterocycles. The summed E-state index contributed by atoms with van der Waals surface area (Å²) in [5.74, 6) is 0. The molecule has 0 nitrogen and oxygen atoms in total. The maximum atomic E-state index is 3.82. The Bertz CT molecular complexity index is 670. The van der Waals surface area contributed by atoms with Crippen LogP contribution in [0.15, 0.2) is 59.1 Å². The smallest absolute Gasteiger partial charge is 0.0529 e. The molecule has 19 heavy (non-hydrogen) atoms. The molecule has 1 atom stereocenters. The third kappa shape index (κ3) is 3.10. The van der Waals surface area contributed by atoms with E-state index in [1.165, 1.54) is 20.5 Å². The summed E-state index contributed by atoms with van der Waals surface area (Å²) in [5, 5.41) is 1.33. The highest BCUT2D eigenvalue weighted by Crippen LogP contribution is 2.36. The van der Waals surface area contributed by atoms with Crippen LogP contribution in [-0.4, -0.2) is 0 Å². The summed E-state index contributed by atoms with van der Waals surface area (Å²) in [6.07, 6.45) is 1.01. The highest BCUT2D eigenvalue weighted by atomic mass is 79.9. The number of rotatable bonds is 3. The Labute approximate surface area is 133 Å². The zero-order valence-electron chi connectivity index (χ0n) is 10.1. The van der Waals surface area contributed by atoms with Crippen molar-refractivity contribution < 1.29 is 0 Å². The van der Waals surface area contributed by atoms with Crippen LogP contribution in [0.5, 0.6) is 0 Å². The SMILES string of the molecule is Brc1cccc(CC(Br)c2cc3ccccc3s2)c1. The summed E-state index contributed by atoms with van der Waals surface area (Å²) in [5.41, 5.74) is 1.34. The second-order valence-electron chi connectivity index (χ2n) is 4.49. The van der Waals surface area contributed by atoms with Gasteiger partial charge in [0.15, 0.2) is 0 Å². The van der Waals surface area contributed by atoms with Crippen molar-refractivity contribution in [3.63, 3.8) is 0 Å².